The summed E-state index contributed by atoms with van der Waals surface area (Å²) in [6, 6.07) is 12.4. The van der Waals surface area contributed by atoms with E-state index in [9.17, 15) is 4.79 Å². The third kappa shape index (κ3) is 3.53. The highest BCUT2D eigenvalue weighted by Crippen LogP contribution is 2.25. The van der Waals surface area contributed by atoms with Gasteiger partial charge in [0.2, 0.25) is 0 Å². The van der Waals surface area contributed by atoms with Gasteiger partial charge in [-0.15, -0.1) is 0 Å². The van der Waals surface area contributed by atoms with E-state index in [0.717, 1.165) is 34.6 Å². The van der Waals surface area contributed by atoms with Crippen LogP contribution >= 0.6 is 0 Å². The summed E-state index contributed by atoms with van der Waals surface area (Å²) in [4.78, 5) is 21.5. The number of nitrogens with one attached hydrogen (secondary N) is 1. The molecule has 0 fully saturated rings. The number of carbonyl (C=O) groups is 1. The number of hydrogen-bond acceptors (Lipinski definition) is 3. The van der Waals surface area contributed by atoms with Gasteiger partial charge in [0.1, 0.15) is 11.4 Å². The Balaban J connectivity index is 1.70. The van der Waals surface area contributed by atoms with Gasteiger partial charge in [-0.1, -0.05) is 42.0 Å². The molecule has 0 aliphatic carbocycles. The maximum absolute atomic E-state index is 12.5. The Hall–Kier alpha value is -3.21. The van der Waals surface area contributed by atoms with E-state index < -0.39 is 0 Å². The Kier molecular flexibility index (Phi) is 4.59. The van der Waals surface area contributed by atoms with Crippen molar-refractivity contribution in [2.75, 3.05) is 0 Å². The Morgan fingerprint density at radius 3 is 2.63 bits per heavy atom. The van der Waals surface area contributed by atoms with Crippen molar-refractivity contribution in [1.82, 2.24) is 14.7 Å². The molecule has 0 atom stereocenters. The fourth-order valence-corrected chi connectivity index (χ4v) is 3.25. The van der Waals surface area contributed by atoms with Crippen molar-refractivity contribution in [2.45, 2.75) is 33.2 Å². The number of pyridine rings is 1. The lowest BCUT2D eigenvalue weighted by atomic mass is 10.1. The number of hydrogen-bond donors (Lipinski definition) is 1. The predicted octanol–water partition coefficient (Wildman–Crippen LogP) is 3.98. The number of aromatic nitrogens is 2. The van der Waals surface area contributed by atoms with Crippen LogP contribution < -0.4 is 5.32 Å². The standard InChI is InChI=1S/C22H22N4O/c1-15-6-9-17(10-7-15)21-19(26-14-16(2)8-11-20(26)25-21)13-24-22(27)18-5-3-4-12-23-18/h4,6-12,14H,3,5,13H2,1-2H3,(H,24,27). The number of imidazole rings is 1. The fraction of sp³-hybridized carbons (Fsp3) is 0.227. The van der Waals surface area contributed by atoms with Gasteiger partial charge >= 0.3 is 0 Å². The van der Waals surface area contributed by atoms with Crippen LogP contribution in [-0.2, 0) is 11.3 Å². The van der Waals surface area contributed by atoms with Gasteiger partial charge in [0, 0.05) is 18.0 Å². The SMILES string of the molecule is Cc1ccc(-c2nc3ccc(C)cn3c2CNC(=O)C2=NC=CCC2)cc1. The Morgan fingerprint density at radius 2 is 1.89 bits per heavy atom. The van der Waals surface area contributed by atoms with Gasteiger partial charge in [0.15, 0.2) is 0 Å². The zero-order chi connectivity index (χ0) is 18.8. The molecular weight excluding hydrogens is 336 g/mol. The average Bonchev–Trinajstić information content (AvgIpc) is 3.05. The Bertz CT molecular complexity index is 1060. The number of carbonyl (C=O) groups excluding carboxylic acids is 1. The van der Waals surface area contributed by atoms with Gasteiger partial charge < -0.3 is 9.72 Å². The third-order valence-corrected chi connectivity index (χ3v) is 4.75. The molecule has 3 heterocycles. The number of aliphatic imine (C=N–C) groups is 1. The number of rotatable bonds is 4. The van der Waals surface area contributed by atoms with E-state index in [1.54, 1.807) is 6.20 Å². The van der Waals surface area contributed by atoms with Gasteiger partial charge in [0.25, 0.3) is 5.91 Å². The summed E-state index contributed by atoms with van der Waals surface area (Å²) < 4.78 is 2.06. The summed E-state index contributed by atoms with van der Waals surface area (Å²) >= 11 is 0. The molecule has 0 bridgehead atoms. The number of nitrogens with zero attached hydrogens (tertiary/aromatic N) is 3. The van der Waals surface area contributed by atoms with Crippen molar-refractivity contribution < 1.29 is 4.79 Å². The molecule has 4 rings (SSSR count). The topological polar surface area (TPSA) is 58.8 Å². The molecule has 0 saturated carbocycles. The molecule has 1 aliphatic rings. The van der Waals surface area contributed by atoms with E-state index in [1.807, 2.05) is 18.2 Å². The molecular formula is C22H22N4O. The van der Waals surface area contributed by atoms with Gasteiger partial charge in [0.05, 0.1) is 17.9 Å². The second-order valence-electron chi connectivity index (χ2n) is 6.89. The lowest BCUT2D eigenvalue weighted by molar-refractivity contribution is -0.115. The van der Waals surface area contributed by atoms with Crippen molar-refractivity contribution in [3.8, 4) is 11.3 Å². The monoisotopic (exact) mass is 358 g/mol. The third-order valence-electron chi connectivity index (χ3n) is 4.75. The molecule has 1 aromatic carbocycles. The van der Waals surface area contributed by atoms with Crippen LogP contribution in [0.25, 0.3) is 16.9 Å². The first kappa shape index (κ1) is 17.2. The van der Waals surface area contributed by atoms with Gasteiger partial charge in [-0.2, -0.15) is 0 Å². The van der Waals surface area contributed by atoms with Crippen molar-refractivity contribution >= 4 is 17.3 Å². The van der Waals surface area contributed by atoms with Crippen LogP contribution in [0.1, 0.15) is 29.7 Å². The molecule has 5 heteroatoms. The first-order valence-electron chi connectivity index (χ1n) is 9.16. The van der Waals surface area contributed by atoms with Gasteiger partial charge in [-0.25, -0.2) is 4.98 Å². The molecule has 0 saturated heterocycles. The number of allylic oxidation sites excluding steroid dienone is 1. The highest BCUT2D eigenvalue weighted by Gasteiger charge is 2.17. The van der Waals surface area contributed by atoms with Gasteiger partial charge in [-0.05, 0) is 38.3 Å². The largest absolute Gasteiger partial charge is 0.345 e. The summed E-state index contributed by atoms with van der Waals surface area (Å²) in [5.74, 6) is -0.114. The van der Waals surface area contributed by atoms with Crippen LogP contribution in [0.15, 0.2) is 59.9 Å². The van der Waals surface area contributed by atoms with Crippen molar-refractivity contribution in [2.24, 2.45) is 4.99 Å². The first-order valence-corrected chi connectivity index (χ1v) is 9.16. The van der Waals surface area contributed by atoms with E-state index in [2.05, 4.69) is 59.0 Å². The quantitative estimate of drug-likeness (QED) is 0.767. The number of amides is 1. The summed E-state index contributed by atoms with van der Waals surface area (Å²) in [5, 5.41) is 3.02. The van der Waals surface area contributed by atoms with Crippen LogP contribution in [0, 0.1) is 13.8 Å². The number of benzene rings is 1. The van der Waals surface area contributed by atoms with Crippen LogP contribution in [-0.4, -0.2) is 21.0 Å². The highest BCUT2D eigenvalue weighted by atomic mass is 16.1. The van der Waals surface area contributed by atoms with Crippen molar-refractivity contribution in [3.05, 3.63) is 71.7 Å². The van der Waals surface area contributed by atoms with Crippen LogP contribution in [0.2, 0.25) is 0 Å². The lowest BCUT2D eigenvalue weighted by Crippen LogP contribution is -2.31. The maximum Gasteiger partial charge on any atom is 0.265 e. The zero-order valence-corrected chi connectivity index (χ0v) is 15.6. The summed E-state index contributed by atoms with van der Waals surface area (Å²) in [7, 11) is 0. The van der Waals surface area contributed by atoms with Crippen molar-refractivity contribution in [1.29, 1.82) is 0 Å². The summed E-state index contributed by atoms with van der Waals surface area (Å²) in [6.07, 6.45) is 7.27. The van der Waals surface area contributed by atoms with Crippen LogP contribution in [0.4, 0.5) is 0 Å². The molecule has 1 amide bonds. The molecule has 27 heavy (non-hydrogen) atoms. The van der Waals surface area contributed by atoms with Crippen LogP contribution in [0.3, 0.4) is 0 Å². The minimum atomic E-state index is -0.114. The predicted molar refractivity (Wildman–Crippen MR) is 108 cm³/mol. The fourth-order valence-electron chi connectivity index (χ4n) is 3.25. The smallest absolute Gasteiger partial charge is 0.265 e. The normalized spacial score (nSPS) is 13.6. The minimum absolute atomic E-state index is 0.114. The molecule has 1 aliphatic heterocycles. The average molecular weight is 358 g/mol. The lowest BCUT2D eigenvalue weighted by Gasteiger charge is -2.10. The van der Waals surface area contributed by atoms with Gasteiger partial charge in [-0.3, -0.25) is 9.79 Å². The van der Waals surface area contributed by atoms with E-state index in [0.29, 0.717) is 18.7 Å². The summed E-state index contributed by atoms with van der Waals surface area (Å²) in [6.45, 7) is 4.52. The van der Waals surface area contributed by atoms with E-state index >= 15 is 0 Å². The first-order chi connectivity index (χ1) is 13.1. The van der Waals surface area contributed by atoms with E-state index in [-0.39, 0.29) is 5.91 Å². The molecule has 0 unspecified atom stereocenters. The maximum atomic E-state index is 12.5. The number of aryl methyl sites for hydroxylation is 2. The second-order valence-corrected chi connectivity index (χ2v) is 6.89. The molecule has 0 spiro atoms. The molecule has 0 radical (unpaired) electrons. The molecule has 3 aromatic rings. The van der Waals surface area contributed by atoms with Crippen LogP contribution in [0.5, 0.6) is 0 Å². The summed E-state index contributed by atoms with van der Waals surface area (Å²) in [5.41, 5.74) is 6.72. The second kappa shape index (κ2) is 7.19. The number of fused-ring (bicyclic) bond motifs is 1. The molecule has 5 nitrogen and oxygen atoms in total. The molecule has 136 valence electrons. The van der Waals surface area contributed by atoms with Crippen molar-refractivity contribution in [3.63, 3.8) is 0 Å². The molecule has 2 aromatic heterocycles. The minimum Gasteiger partial charge on any atom is -0.345 e. The van der Waals surface area contributed by atoms with E-state index in [1.165, 1.54) is 5.56 Å². The Morgan fingerprint density at radius 1 is 1.11 bits per heavy atom. The molecule has 1 N–H and O–H groups in total. The highest BCUT2D eigenvalue weighted by molar-refractivity contribution is 6.39. The zero-order valence-electron chi connectivity index (χ0n) is 15.6. The Labute approximate surface area is 158 Å². The van der Waals surface area contributed by atoms with E-state index in [4.69, 9.17) is 4.98 Å².